The van der Waals surface area contributed by atoms with Gasteiger partial charge in [-0.2, -0.15) is 5.10 Å². The highest BCUT2D eigenvalue weighted by Crippen LogP contribution is 2.09. The summed E-state index contributed by atoms with van der Waals surface area (Å²) in [7, 11) is 4.19. The van der Waals surface area contributed by atoms with E-state index in [1.54, 1.807) is 0 Å². The number of rotatable bonds is 7. The lowest BCUT2D eigenvalue weighted by molar-refractivity contribution is 0.347. The molecule has 4 nitrogen and oxygen atoms in total. The first kappa shape index (κ1) is 14.2. The Bertz CT molecular complexity index is 319. The predicted octanol–water partition coefficient (Wildman–Crippen LogP) is 1.89. The maximum atomic E-state index is 4.57. The molecule has 2 atom stereocenters. The van der Waals surface area contributed by atoms with E-state index in [2.05, 4.69) is 62.4 Å². The third kappa shape index (κ3) is 4.88. The zero-order chi connectivity index (χ0) is 12.8. The van der Waals surface area contributed by atoms with Gasteiger partial charge < -0.3 is 10.2 Å². The van der Waals surface area contributed by atoms with Gasteiger partial charge in [0.15, 0.2) is 0 Å². The normalized spacial score (nSPS) is 15.2. The molecule has 0 saturated heterocycles. The molecular formula is C13H26N4. The summed E-state index contributed by atoms with van der Waals surface area (Å²) in [5, 5.41) is 8.06. The molecule has 1 rings (SSSR count). The van der Waals surface area contributed by atoms with E-state index in [9.17, 15) is 0 Å². The number of nitrogens with one attached hydrogen (secondary N) is 1. The quantitative estimate of drug-likeness (QED) is 0.787. The van der Waals surface area contributed by atoms with E-state index < -0.39 is 0 Å². The van der Waals surface area contributed by atoms with Crippen LogP contribution in [-0.4, -0.2) is 41.4 Å². The van der Waals surface area contributed by atoms with E-state index in [1.165, 1.54) is 0 Å². The van der Waals surface area contributed by atoms with Crippen LogP contribution >= 0.6 is 0 Å². The summed E-state index contributed by atoms with van der Waals surface area (Å²) < 4.78 is 2.05. The Balaban J connectivity index is 2.39. The number of likely N-dealkylation sites (N-methyl/N-ethyl adjacent to an activating group) is 1. The minimum atomic E-state index is 0.485. The number of hydrogen-bond donors (Lipinski definition) is 1. The molecule has 0 aliphatic heterocycles. The fourth-order valence-corrected chi connectivity index (χ4v) is 1.80. The van der Waals surface area contributed by atoms with Crippen LogP contribution < -0.4 is 5.32 Å². The van der Waals surface area contributed by atoms with Crippen molar-refractivity contribution in [2.24, 2.45) is 0 Å². The van der Waals surface area contributed by atoms with Crippen LogP contribution in [0.15, 0.2) is 12.3 Å². The highest BCUT2D eigenvalue weighted by atomic mass is 15.3. The Labute approximate surface area is 105 Å². The molecule has 0 spiro atoms. The summed E-state index contributed by atoms with van der Waals surface area (Å²) in [5.41, 5.74) is 1.12. The average Bonchev–Trinajstić information content (AvgIpc) is 2.73. The summed E-state index contributed by atoms with van der Waals surface area (Å²) in [6.45, 7) is 8.47. The number of aromatic nitrogens is 2. The van der Waals surface area contributed by atoms with Crippen LogP contribution in [-0.2, 0) is 6.54 Å². The van der Waals surface area contributed by atoms with E-state index in [4.69, 9.17) is 0 Å². The van der Waals surface area contributed by atoms with Gasteiger partial charge in [-0.05, 0) is 40.4 Å². The van der Waals surface area contributed by atoms with Crippen molar-refractivity contribution >= 4 is 0 Å². The van der Waals surface area contributed by atoms with Gasteiger partial charge in [0.1, 0.15) is 0 Å². The molecule has 0 aromatic carbocycles. The van der Waals surface area contributed by atoms with E-state index >= 15 is 0 Å². The predicted molar refractivity (Wildman–Crippen MR) is 72.1 cm³/mol. The van der Waals surface area contributed by atoms with Crippen LogP contribution in [0.1, 0.15) is 38.9 Å². The van der Waals surface area contributed by atoms with Crippen LogP contribution in [0.4, 0.5) is 0 Å². The van der Waals surface area contributed by atoms with Crippen molar-refractivity contribution in [2.45, 2.75) is 45.8 Å². The first-order valence-electron chi connectivity index (χ1n) is 6.45. The topological polar surface area (TPSA) is 33.1 Å². The molecule has 4 heteroatoms. The first-order chi connectivity index (χ1) is 8.02. The maximum Gasteiger partial charge on any atom is 0.0762 e. The Morgan fingerprint density at radius 3 is 2.71 bits per heavy atom. The van der Waals surface area contributed by atoms with Gasteiger partial charge in [0.25, 0.3) is 0 Å². The molecule has 1 heterocycles. The van der Waals surface area contributed by atoms with Gasteiger partial charge in [-0.3, -0.25) is 4.68 Å². The Hall–Kier alpha value is -0.870. The van der Waals surface area contributed by atoms with E-state index in [0.717, 1.165) is 25.2 Å². The van der Waals surface area contributed by atoms with Crippen LogP contribution in [0, 0.1) is 0 Å². The molecule has 0 amide bonds. The van der Waals surface area contributed by atoms with Gasteiger partial charge >= 0.3 is 0 Å². The second-order valence-electron chi connectivity index (χ2n) is 5.09. The highest BCUT2D eigenvalue weighted by molar-refractivity contribution is 4.99. The maximum absolute atomic E-state index is 4.57. The van der Waals surface area contributed by atoms with Crippen molar-refractivity contribution in [3.63, 3.8) is 0 Å². The third-order valence-electron chi connectivity index (χ3n) is 2.98. The monoisotopic (exact) mass is 238 g/mol. The lowest BCUT2D eigenvalue weighted by Crippen LogP contribution is -2.35. The van der Waals surface area contributed by atoms with Gasteiger partial charge in [-0.25, -0.2) is 0 Å². The average molecular weight is 238 g/mol. The molecule has 98 valence electrons. The van der Waals surface area contributed by atoms with Crippen LogP contribution in [0.2, 0.25) is 0 Å². The molecule has 17 heavy (non-hydrogen) atoms. The zero-order valence-corrected chi connectivity index (χ0v) is 11.8. The molecule has 0 fully saturated rings. The van der Waals surface area contributed by atoms with Crippen molar-refractivity contribution in [2.75, 3.05) is 20.6 Å². The lowest BCUT2D eigenvalue weighted by atomic mass is 10.3. The molecule has 0 radical (unpaired) electrons. The molecule has 0 aliphatic carbocycles. The lowest BCUT2D eigenvalue weighted by Gasteiger charge is -2.17. The zero-order valence-electron chi connectivity index (χ0n) is 11.8. The van der Waals surface area contributed by atoms with Gasteiger partial charge in [-0.15, -0.1) is 0 Å². The smallest absolute Gasteiger partial charge is 0.0762 e. The second-order valence-corrected chi connectivity index (χ2v) is 5.09. The van der Waals surface area contributed by atoms with Crippen LogP contribution in [0.3, 0.4) is 0 Å². The summed E-state index contributed by atoms with van der Waals surface area (Å²) in [6.07, 6.45) is 3.19. The first-order valence-corrected chi connectivity index (χ1v) is 6.45. The van der Waals surface area contributed by atoms with Crippen LogP contribution in [0.5, 0.6) is 0 Å². The SMILES string of the molecule is CCC(C)n1ccc(CNC(C)CN(C)C)n1. The summed E-state index contributed by atoms with van der Waals surface area (Å²) in [5.74, 6) is 0. The van der Waals surface area contributed by atoms with Crippen molar-refractivity contribution < 1.29 is 0 Å². The molecule has 1 aromatic rings. The van der Waals surface area contributed by atoms with Gasteiger partial charge in [0, 0.05) is 31.4 Å². The van der Waals surface area contributed by atoms with Gasteiger partial charge in [0.2, 0.25) is 0 Å². The van der Waals surface area contributed by atoms with Gasteiger partial charge in [0.05, 0.1) is 5.69 Å². The minimum Gasteiger partial charge on any atom is -0.308 e. The fourth-order valence-electron chi connectivity index (χ4n) is 1.80. The molecule has 0 saturated carbocycles. The van der Waals surface area contributed by atoms with Crippen molar-refractivity contribution in [3.8, 4) is 0 Å². The summed E-state index contributed by atoms with van der Waals surface area (Å²) >= 11 is 0. The summed E-state index contributed by atoms with van der Waals surface area (Å²) in [6, 6.07) is 3.07. The Morgan fingerprint density at radius 2 is 2.12 bits per heavy atom. The third-order valence-corrected chi connectivity index (χ3v) is 2.98. The molecule has 1 N–H and O–H groups in total. The second kappa shape index (κ2) is 6.77. The van der Waals surface area contributed by atoms with Gasteiger partial charge in [-0.1, -0.05) is 6.92 Å². The van der Waals surface area contributed by atoms with E-state index in [0.29, 0.717) is 12.1 Å². The Morgan fingerprint density at radius 1 is 1.41 bits per heavy atom. The largest absolute Gasteiger partial charge is 0.308 e. The van der Waals surface area contributed by atoms with Crippen LogP contribution in [0.25, 0.3) is 0 Å². The molecule has 0 bridgehead atoms. The molecule has 0 aliphatic rings. The highest BCUT2D eigenvalue weighted by Gasteiger charge is 2.06. The van der Waals surface area contributed by atoms with Crippen molar-refractivity contribution in [1.29, 1.82) is 0 Å². The molecule has 2 unspecified atom stereocenters. The van der Waals surface area contributed by atoms with E-state index in [-0.39, 0.29) is 0 Å². The van der Waals surface area contributed by atoms with Crippen molar-refractivity contribution in [1.82, 2.24) is 20.0 Å². The minimum absolute atomic E-state index is 0.485. The molecular weight excluding hydrogens is 212 g/mol. The number of hydrogen-bond acceptors (Lipinski definition) is 3. The standard InChI is InChI=1S/C13H26N4/c1-6-12(3)17-8-7-13(15-17)9-14-11(2)10-16(4)5/h7-8,11-12,14H,6,9-10H2,1-5H3. The fraction of sp³-hybridized carbons (Fsp3) is 0.769. The molecule has 1 aromatic heterocycles. The number of nitrogens with zero attached hydrogens (tertiary/aromatic N) is 3. The van der Waals surface area contributed by atoms with Crippen molar-refractivity contribution in [3.05, 3.63) is 18.0 Å². The Kier molecular flexibility index (Phi) is 5.65. The van der Waals surface area contributed by atoms with E-state index in [1.807, 2.05) is 4.68 Å². The summed E-state index contributed by atoms with van der Waals surface area (Å²) in [4.78, 5) is 2.19.